The Morgan fingerprint density at radius 3 is 2.57 bits per heavy atom. The number of hydrogen-bond acceptors (Lipinski definition) is 4. The van der Waals surface area contributed by atoms with Crippen LogP contribution in [0.25, 0.3) is 0 Å². The zero-order valence-corrected chi connectivity index (χ0v) is 13.3. The van der Waals surface area contributed by atoms with E-state index in [1.807, 2.05) is 0 Å². The summed E-state index contributed by atoms with van der Waals surface area (Å²) in [7, 11) is 0. The Balaban J connectivity index is 2.17. The first kappa shape index (κ1) is 17.4. The summed E-state index contributed by atoms with van der Waals surface area (Å²) in [5, 5.41) is 3.14. The zero-order valence-electron chi connectivity index (χ0n) is 11.1. The molecule has 120 valence electrons. The third kappa shape index (κ3) is 3.87. The molecule has 0 aliphatic rings. The summed E-state index contributed by atoms with van der Waals surface area (Å²) in [6, 6.07) is 3.11. The van der Waals surface area contributed by atoms with Crippen LogP contribution in [-0.4, -0.2) is 17.1 Å². The molecule has 0 atom stereocenters. The number of carbonyl (C=O) groups is 1. The molecule has 1 aromatic carbocycles. The maximum atomic E-state index is 13.0. The zero-order chi connectivity index (χ0) is 17.1. The minimum absolute atomic E-state index is 0.0708. The van der Waals surface area contributed by atoms with E-state index in [0.29, 0.717) is 0 Å². The van der Waals surface area contributed by atoms with Gasteiger partial charge in [-0.05, 0) is 17.7 Å². The van der Waals surface area contributed by atoms with Crippen LogP contribution in [0.1, 0.15) is 16.1 Å². The lowest BCUT2D eigenvalue weighted by atomic mass is 10.2. The first-order chi connectivity index (χ1) is 10.8. The summed E-state index contributed by atoms with van der Waals surface area (Å²) in [6.07, 6.45) is 1.11. The molecule has 3 N–H and O–H groups in total. The SMILES string of the molecule is Nc1c(Cl)c(Cl)nc(C(=O)N/N=C/c2ccc(F)c(F)c2)c1Cl. The molecule has 0 bridgehead atoms. The van der Waals surface area contributed by atoms with Crippen LogP contribution >= 0.6 is 34.8 Å². The molecule has 10 heteroatoms. The van der Waals surface area contributed by atoms with Gasteiger partial charge in [0.25, 0.3) is 5.91 Å². The number of hydrazone groups is 1. The van der Waals surface area contributed by atoms with Crippen LogP contribution in [0.3, 0.4) is 0 Å². The maximum absolute atomic E-state index is 13.0. The molecule has 2 aromatic rings. The second-order valence-electron chi connectivity index (χ2n) is 4.17. The lowest BCUT2D eigenvalue weighted by Crippen LogP contribution is -2.20. The van der Waals surface area contributed by atoms with Crippen molar-refractivity contribution in [1.82, 2.24) is 10.4 Å². The molecular weight excluding hydrogens is 373 g/mol. The number of pyridine rings is 1. The summed E-state index contributed by atoms with van der Waals surface area (Å²) >= 11 is 17.3. The van der Waals surface area contributed by atoms with Crippen molar-refractivity contribution in [3.63, 3.8) is 0 Å². The quantitative estimate of drug-likeness (QED) is 0.485. The molecule has 1 amide bonds. The first-order valence-electron chi connectivity index (χ1n) is 5.89. The van der Waals surface area contributed by atoms with E-state index < -0.39 is 17.5 Å². The van der Waals surface area contributed by atoms with E-state index in [1.165, 1.54) is 6.07 Å². The van der Waals surface area contributed by atoms with Gasteiger partial charge in [-0.3, -0.25) is 4.79 Å². The second-order valence-corrected chi connectivity index (χ2v) is 5.28. The first-order valence-corrected chi connectivity index (χ1v) is 7.03. The van der Waals surface area contributed by atoms with E-state index in [4.69, 9.17) is 40.5 Å². The highest BCUT2D eigenvalue weighted by Gasteiger charge is 2.19. The van der Waals surface area contributed by atoms with Gasteiger partial charge in [-0.15, -0.1) is 0 Å². The van der Waals surface area contributed by atoms with E-state index in [-0.39, 0.29) is 32.1 Å². The molecule has 1 heterocycles. The molecule has 0 saturated heterocycles. The molecule has 0 fully saturated rings. The molecule has 23 heavy (non-hydrogen) atoms. The van der Waals surface area contributed by atoms with Crippen molar-refractivity contribution in [1.29, 1.82) is 0 Å². The Labute approximate surface area is 144 Å². The second kappa shape index (κ2) is 7.08. The minimum Gasteiger partial charge on any atom is -0.396 e. The number of benzene rings is 1. The number of halogens is 5. The van der Waals surface area contributed by atoms with E-state index >= 15 is 0 Å². The third-order valence-corrected chi connectivity index (χ3v) is 3.75. The number of aromatic nitrogens is 1. The largest absolute Gasteiger partial charge is 0.396 e. The van der Waals surface area contributed by atoms with Crippen LogP contribution in [0.4, 0.5) is 14.5 Å². The van der Waals surface area contributed by atoms with Gasteiger partial charge < -0.3 is 5.73 Å². The number of carbonyl (C=O) groups excluding carboxylic acids is 1. The molecule has 0 aliphatic carbocycles. The van der Waals surface area contributed by atoms with Crippen LogP contribution in [0, 0.1) is 11.6 Å². The Bertz CT molecular complexity index is 814. The minimum atomic E-state index is -1.04. The molecule has 0 spiro atoms. The van der Waals surface area contributed by atoms with Crippen LogP contribution in [0.2, 0.25) is 15.2 Å². The van der Waals surface area contributed by atoms with Gasteiger partial charge in [0, 0.05) is 0 Å². The Morgan fingerprint density at radius 1 is 1.22 bits per heavy atom. The van der Waals surface area contributed by atoms with Crippen LogP contribution in [0.5, 0.6) is 0 Å². The van der Waals surface area contributed by atoms with E-state index in [0.717, 1.165) is 18.3 Å². The summed E-state index contributed by atoms with van der Waals surface area (Å²) in [5.74, 6) is -2.84. The number of nitrogen functional groups attached to an aromatic ring is 1. The number of nitrogens with zero attached hydrogens (tertiary/aromatic N) is 2. The van der Waals surface area contributed by atoms with Crippen LogP contribution in [-0.2, 0) is 0 Å². The highest BCUT2D eigenvalue weighted by Crippen LogP contribution is 2.34. The predicted molar refractivity (Wildman–Crippen MR) is 85.1 cm³/mol. The molecule has 1 aromatic heterocycles. The van der Waals surface area contributed by atoms with Gasteiger partial charge in [0.1, 0.15) is 5.02 Å². The fourth-order valence-electron chi connectivity index (χ4n) is 1.49. The maximum Gasteiger partial charge on any atom is 0.291 e. The lowest BCUT2D eigenvalue weighted by molar-refractivity contribution is 0.0950. The van der Waals surface area contributed by atoms with Gasteiger partial charge in [0.05, 0.1) is 16.9 Å². The molecule has 0 saturated carbocycles. The van der Waals surface area contributed by atoms with Gasteiger partial charge in [-0.2, -0.15) is 5.10 Å². The highest BCUT2D eigenvalue weighted by atomic mass is 35.5. The van der Waals surface area contributed by atoms with Crippen molar-refractivity contribution >= 4 is 52.6 Å². The Kier molecular flexibility index (Phi) is 5.35. The number of nitrogens with two attached hydrogens (primary N) is 1. The van der Waals surface area contributed by atoms with Gasteiger partial charge in [-0.25, -0.2) is 19.2 Å². The molecule has 0 aliphatic heterocycles. The lowest BCUT2D eigenvalue weighted by Gasteiger charge is -2.07. The molecule has 2 rings (SSSR count). The predicted octanol–water partition coefficient (Wildman–Crippen LogP) is 3.67. The number of nitrogens with one attached hydrogen (secondary N) is 1. The monoisotopic (exact) mass is 378 g/mol. The van der Waals surface area contributed by atoms with Gasteiger partial charge in [-0.1, -0.05) is 40.9 Å². The fraction of sp³-hybridized carbons (Fsp3) is 0. The summed E-state index contributed by atoms with van der Waals surface area (Å²) < 4.78 is 25.8. The Morgan fingerprint density at radius 2 is 1.91 bits per heavy atom. The standard InChI is InChI=1S/C13H7Cl3F2N4O/c14-8-10(19)9(15)12(16)21-11(8)13(23)22-20-4-5-1-2-6(17)7(18)3-5/h1-4H,(H2,19,21)(H,22,23)/b20-4+. The summed E-state index contributed by atoms with van der Waals surface area (Å²) in [5.41, 5.74) is 7.56. The molecule has 0 radical (unpaired) electrons. The van der Waals surface area contributed by atoms with E-state index in [1.54, 1.807) is 0 Å². The van der Waals surface area contributed by atoms with E-state index in [9.17, 15) is 13.6 Å². The number of amides is 1. The van der Waals surface area contributed by atoms with Crippen molar-refractivity contribution in [2.45, 2.75) is 0 Å². The molecular formula is C13H7Cl3F2N4O. The van der Waals surface area contributed by atoms with Crippen molar-refractivity contribution in [2.75, 3.05) is 5.73 Å². The van der Waals surface area contributed by atoms with Crippen molar-refractivity contribution < 1.29 is 13.6 Å². The third-order valence-electron chi connectivity index (χ3n) is 2.61. The van der Waals surface area contributed by atoms with Crippen molar-refractivity contribution in [3.05, 3.63) is 56.3 Å². The number of anilines is 1. The highest BCUT2D eigenvalue weighted by molar-refractivity contribution is 6.46. The topological polar surface area (TPSA) is 80.4 Å². The Hall–Kier alpha value is -1.96. The normalized spacial score (nSPS) is 11.0. The van der Waals surface area contributed by atoms with E-state index in [2.05, 4.69) is 15.5 Å². The number of hydrogen-bond donors (Lipinski definition) is 2. The van der Waals surface area contributed by atoms with Crippen LogP contribution < -0.4 is 11.2 Å². The van der Waals surface area contributed by atoms with Crippen LogP contribution in [0.15, 0.2) is 23.3 Å². The van der Waals surface area contributed by atoms with Gasteiger partial charge in [0.2, 0.25) is 0 Å². The summed E-state index contributed by atoms with van der Waals surface area (Å²) in [4.78, 5) is 15.6. The number of rotatable bonds is 3. The van der Waals surface area contributed by atoms with Crippen molar-refractivity contribution in [3.8, 4) is 0 Å². The smallest absolute Gasteiger partial charge is 0.291 e. The van der Waals surface area contributed by atoms with Gasteiger partial charge in [0.15, 0.2) is 22.5 Å². The van der Waals surface area contributed by atoms with Crippen molar-refractivity contribution in [2.24, 2.45) is 5.10 Å². The molecule has 0 unspecified atom stereocenters. The summed E-state index contributed by atoms with van der Waals surface area (Å²) in [6.45, 7) is 0. The molecule has 5 nitrogen and oxygen atoms in total. The fourth-order valence-corrected chi connectivity index (χ4v) is 2.09. The average molecular weight is 380 g/mol. The van der Waals surface area contributed by atoms with Gasteiger partial charge >= 0.3 is 0 Å². The average Bonchev–Trinajstić information content (AvgIpc) is 2.52.